The predicted octanol–water partition coefficient (Wildman–Crippen LogP) is 4.29. The molecule has 0 aromatic heterocycles. The van der Waals surface area contributed by atoms with Gasteiger partial charge in [0.15, 0.2) is 0 Å². The van der Waals surface area contributed by atoms with Gasteiger partial charge in [0.2, 0.25) is 0 Å². The Balaban J connectivity index is 1.86. The molecule has 1 aliphatic heterocycles. The van der Waals surface area contributed by atoms with Crippen molar-refractivity contribution >= 4 is 28.8 Å². The van der Waals surface area contributed by atoms with Gasteiger partial charge in [0.25, 0.3) is 11.8 Å². The third-order valence-corrected chi connectivity index (χ3v) is 5.13. The maximum absolute atomic E-state index is 13.5. The van der Waals surface area contributed by atoms with Crippen molar-refractivity contribution in [1.29, 1.82) is 5.26 Å². The molecule has 4 rings (SSSR count). The van der Waals surface area contributed by atoms with Gasteiger partial charge in [-0.25, -0.2) is 4.90 Å². The second-order valence-corrected chi connectivity index (χ2v) is 7.09. The van der Waals surface area contributed by atoms with Crippen LogP contribution in [-0.4, -0.2) is 18.9 Å². The van der Waals surface area contributed by atoms with E-state index < -0.39 is 5.91 Å². The highest BCUT2D eigenvalue weighted by molar-refractivity contribution is 6.46. The fraction of sp³-hybridized carbons (Fsp3) is 0.0800. The molecule has 1 heterocycles. The first-order valence-electron chi connectivity index (χ1n) is 9.50. The fourth-order valence-corrected chi connectivity index (χ4v) is 3.51. The summed E-state index contributed by atoms with van der Waals surface area (Å²) in [5.41, 5.74) is 4.14. The number of hydrogen-bond donors (Lipinski definition) is 0. The summed E-state index contributed by atoms with van der Waals surface area (Å²) < 4.78 is 0. The molecule has 0 spiro atoms. The molecule has 3 aromatic carbocycles. The molecule has 0 radical (unpaired) electrons. The van der Waals surface area contributed by atoms with E-state index in [0.29, 0.717) is 28.1 Å². The molecule has 0 N–H and O–H groups in total. The normalized spacial score (nSPS) is 13.6. The fourth-order valence-electron chi connectivity index (χ4n) is 3.51. The van der Waals surface area contributed by atoms with Gasteiger partial charge in [0.05, 0.1) is 22.9 Å². The zero-order valence-corrected chi connectivity index (χ0v) is 16.7. The van der Waals surface area contributed by atoms with Gasteiger partial charge in [-0.3, -0.25) is 9.59 Å². The van der Waals surface area contributed by atoms with E-state index in [4.69, 9.17) is 5.26 Å². The summed E-state index contributed by atoms with van der Waals surface area (Å²) in [5.74, 6) is -0.780. The maximum atomic E-state index is 13.5. The van der Waals surface area contributed by atoms with Crippen LogP contribution in [0.1, 0.15) is 16.7 Å². The summed E-state index contributed by atoms with van der Waals surface area (Å²) in [7, 11) is 1.78. The van der Waals surface area contributed by atoms with Crippen LogP contribution >= 0.6 is 0 Å². The molecule has 0 saturated carbocycles. The summed E-state index contributed by atoms with van der Waals surface area (Å²) in [6.45, 7) is 1.97. The van der Waals surface area contributed by atoms with Crippen LogP contribution in [0.2, 0.25) is 0 Å². The Bertz CT molecular complexity index is 1190. The van der Waals surface area contributed by atoms with Crippen molar-refractivity contribution in [3.63, 3.8) is 0 Å². The van der Waals surface area contributed by atoms with Crippen LogP contribution in [0.25, 0.3) is 5.57 Å². The van der Waals surface area contributed by atoms with E-state index in [1.54, 1.807) is 36.2 Å². The number of likely N-dealkylation sites (N-methyl/N-ethyl adjacent to an activating group) is 1. The second-order valence-electron chi connectivity index (χ2n) is 7.09. The molecule has 0 atom stereocenters. The number of rotatable bonds is 4. The number of nitrogens with zero attached hydrogens (tertiary/aromatic N) is 3. The first-order chi connectivity index (χ1) is 14.5. The minimum absolute atomic E-state index is 0.319. The Morgan fingerprint density at radius 2 is 1.47 bits per heavy atom. The molecule has 146 valence electrons. The monoisotopic (exact) mass is 393 g/mol. The van der Waals surface area contributed by atoms with Crippen LogP contribution in [0.15, 0.2) is 84.6 Å². The number of carbonyl (C=O) groups is 2. The standard InChI is InChI=1S/C25H19N3O2/c1-17-8-12-19(13-9-17)22-23(27(2)20-6-4-3-5-7-20)25(30)28(24(22)29)21-14-10-18(16-26)11-15-21/h3-15H,1-2H3. The lowest BCUT2D eigenvalue weighted by Crippen LogP contribution is -2.34. The molecule has 3 aromatic rings. The summed E-state index contributed by atoms with van der Waals surface area (Å²) in [4.78, 5) is 29.9. The van der Waals surface area contributed by atoms with Crippen molar-refractivity contribution in [3.8, 4) is 6.07 Å². The lowest BCUT2D eigenvalue weighted by Gasteiger charge is -2.21. The van der Waals surface area contributed by atoms with Crippen LogP contribution in [0.3, 0.4) is 0 Å². The molecule has 0 aliphatic carbocycles. The average Bonchev–Trinajstić information content (AvgIpc) is 3.04. The van der Waals surface area contributed by atoms with Crippen molar-refractivity contribution < 1.29 is 9.59 Å². The molecule has 0 fully saturated rings. The Labute approximate surface area is 175 Å². The molecule has 0 unspecified atom stereocenters. The first-order valence-corrected chi connectivity index (χ1v) is 9.50. The van der Waals surface area contributed by atoms with Crippen LogP contribution in [0, 0.1) is 18.3 Å². The second kappa shape index (κ2) is 7.69. The summed E-state index contributed by atoms with van der Waals surface area (Å²) in [5, 5.41) is 9.04. The molecule has 0 saturated heterocycles. The summed E-state index contributed by atoms with van der Waals surface area (Å²) >= 11 is 0. The third-order valence-electron chi connectivity index (χ3n) is 5.13. The molecule has 2 amide bonds. The molecule has 5 nitrogen and oxygen atoms in total. The van der Waals surface area contributed by atoms with Crippen LogP contribution in [0.5, 0.6) is 0 Å². The van der Waals surface area contributed by atoms with Crippen molar-refractivity contribution in [2.24, 2.45) is 0 Å². The smallest absolute Gasteiger partial charge is 0.282 e. The Morgan fingerprint density at radius 1 is 0.833 bits per heavy atom. The van der Waals surface area contributed by atoms with Gasteiger partial charge >= 0.3 is 0 Å². The Morgan fingerprint density at radius 3 is 2.07 bits per heavy atom. The van der Waals surface area contributed by atoms with E-state index in [9.17, 15) is 9.59 Å². The SMILES string of the molecule is Cc1ccc(C2=C(N(C)c3ccccc3)C(=O)N(c3ccc(C#N)cc3)C2=O)cc1. The van der Waals surface area contributed by atoms with E-state index >= 15 is 0 Å². The minimum Gasteiger partial charge on any atom is -0.339 e. The summed E-state index contributed by atoms with van der Waals surface area (Å²) in [6.07, 6.45) is 0. The molecule has 30 heavy (non-hydrogen) atoms. The van der Waals surface area contributed by atoms with Crippen molar-refractivity contribution in [2.45, 2.75) is 6.92 Å². The lowest BCUT2D eigenvalue weighted by molar-refractivity contribution is -0.120. The van der Waals surface area contributed by atoms with Crippen molar-refractivity contribution in [2.75, 3.05) is 16.8 Å². The Kier molecular flexibility index (Phi) is 4.91. The minimum atomic E-state index is -0.397. The number of amides is 2. The van der Waals surface area contributed by atoms with E-state index in [-0.39, 0.29) is 5.91 Å². The zero-order chi connectivity index (χ0) is 21.3. The lowest BCUT2D eigenvalue weighted by atomic mass is 10.0. The third kappa shape index (κ3) is 3.25. The van der Waals surface area contributed by atoms with Gasteiger partial charge in [0, 0.05) is 12.7 Å². The largest absolute Gasteiger partial charge is 0.339 e. The quantitative estimate of drug-likeness (QED) is 0.621. The van der Waals surface area contributed by atoms with E-state index in [0.717, 1.165) is 11.3 Å². The van der Waals surface area contributed by atoms with Crippen LogP contribution in [-0.2, 0) is 9.59 Å². The van der Waals surface area contributed by atoms with Gasteiger partial charge in [-0.1, -0.05) is 48.0 Å². The first kappa shape index (κ1) is 19.2. The van der Waals surface area contributed by atoms with Gasteiger partial charge < -0.3 is 4.90 Å². The van der Waals surface area contributed by atoms with Gasteiger partial charge in [-0.05, 0) is 48.9 Å². The number of imide groups is 1. The van der Waals surface area contributed by atoms with E-state index in [1.807, 2.05) is 67.6 Å². The highest BCUT2D eigenvalue weighted by Gasteiger charge is 2.42. The van der Waals surface area contributed by atoms with Crippen molar-refractivity contribution in [3.05, 3.63) is 101 Å². The van der Waals surface area contributed by atoms with Gasteiger partial charge in [-0.2, -0.15) is 5.26 Å². The highest BCUT2D eigenvalue weighted by atomic mass is 16.2. The number of nitriles is 1. The van der Waals surface area contributed by atoms with E-state index in [1.165, 1.54) is 4.90 Å². The number of anilines is 2. The molecular weight excluding hydrogens is 374 g/mol. The van der Waals surface area contributed by atoms with Crippen LogP contribution in [0.4, 0.5) is 11.4 Å². The molecule has 0 bridgehead atoms. The molecular formula is C25H19N3O2. The average molecular weight is 393 g/mol. The number of aryl methyl sites for hydroxylation is 1. The number of benzene rings is 3. The zero-order valence-electron chi connectivity index (χ0n) is 16.7. The highest BCUT2D eigenvalue weighted by Crippen LogP contribution is 2.36. The van der Waals surface area contributed by atoms with Crippen LogP contribution < -0.4 is 9.80 Å². The number of carbonyl (C=O) groups excluding carboxylic acids is 2. The number of para-hydroxylation sites is 1. The summed E-state index contributed by atoms with van der Waals surface area (Å²) in [6, 6.07) is 25.5. The van der Waals surface area contributed by atoms with Gasteiger partial charge in [-0.15, -0.1) is 0 Å². The van der Waals surface area contributed by atoms with Gasteiger partial charge in [0.1, 0.15) is 5.70 Å². The van der Waals surface area contributed by atoms with E-state index in [2.05, 4.69) is 0 Å². The number of hydrogen-bond acceptors (Lipinski definition) is 4. The molecule has 1 aliphatic rings. The maximum Gasteiger partial charge on any atom is 0.282 e. The predicted molar refractivity (Wildman–Crippen MR) is 117 cm³/mol. The van der Waals surface area contributed by atoms with Crippen molar-refractivity contribution in [1.82, 2.24) is 0 Å². The topological polar surface area (TPSA) is 64.4 Å². The molecule has 5 heteroatoms. The Hall–Kier alpha value is -4.17.